The average molecular weight is 267 g/mol. The summed E-state index contributed by atoms with van der Waals surface area (Å²) in [4.78, 5) is 6.92. The average Bonchev–Trinajstić information content (AvgIpc) is 2.03. The van der Waals surface area contributed by atoms with E-state index >= 15 is 0 Å². The number of halogens is 1. The summed E-state index contributed by atoms with van der Waals surface area (Å²) in [5, 5.41) is 0. The van der Waals surface area contributed by atoms with Gasteiger partial charge in [0, 0.05) is 29.2 Å². The fourth-order valence-corrected chi connectivity index (χ4v) is 3.22. The van der Waals surface area contributed by atoms with E-state index in [1.165, 1.54) is 43.7 Å². The first-order chi connectivity index (χ1) is 7.19. The van der Waals surface area contributed by atoms with Gasteiger partial charge in [0.25, 0.3) is 0 Å². The van der Waals surface area contributed by atoms with Gasteiger partial charge in [0.05, 0.1) is 0 Å². The largest absolute Gasteiger partial charge is 0.355 e. The Hall–Kier alpha value is -0.570. The third-order valence-corrected chi connectivity index (χ3v) is 4.22. The number of pyridine rings is 1. The summed E-state index contributed by atoms with van der Waals surface area (Å²) in [6, 6.07) is 2.15. The fraction of sp³-hybridized carbons (Fsp3) is 0.583. The van der Waals surface area contributed by atoms with Gasteiger partial charge in [0.2, 0.25) is 0 Å². The van der Waals surface area contributed by atoms with Crippen LogP contribution in [0.1, 0.15) is 24.8 Å². The van der Waals surface area contributed by atoms with Gasteiger partial charge in [-0.05, 0) is 47.3 Å². The Morgan fingerprint density at radius 2 is 2.13 bits per heavy atom. The number of aromatic nitrogens is 1. The van der Waals surface area contributed by atoms with Crippen molar-refractivity contribution in [2.24, 2.45) is 5.41 Å². The summed E-state index contributed by atoms with van der Waals surface area (Å²) in [5.41, 5.74) is 1.96. The lowest BCUT2D eigenvalue weighted by Crippen LogP contribution is -2.60. The Morgan fingerprint density at radius 3 is 2.67 bits per heavy atom. The summed E-state index contributed by atoms with van der Waals surface area (Å²) in [7, 11) is 0. The van der Waals surface area contributed by atoms with Crippen LogP contribution in [0.4, 0.5) is 5.82 Å². The highest BCUT2D eigenvalue weighted by molar-refractivity contribution is 9.10. The molecule has 80 valence electrons. The molecule has 0 N–H and O–H groups in total. The Morgan fingerprint density at radius 1 is 1.40 bits per heavy atom. The Balaban J connectivity index is 1.77. The standard InChI is InChI=1S/C12H15BrN2/c1-9-5-10(13)6-14-11(9)15-7-12(8-15)3-2-4-12/h5-6H,2-4,7-8H2,1H3. The Labute approximate surface area is 98.8 Å². The smallest absolute Gasteiger partial charge is 0.131 e. The Kier molecular flexibility index (Phi) is 2.06. The van der Waals surface area contributed by atoms with Gasteiger partial charge in [-0.15, -0.1) is 0 Å². The van der Waals surface area contributed by atoms with E-state index in [9.17, 15) is 0 Å². The van der Waals surface area contributed by atoms with Gasteiger partial charge in [-0.1, -0.05) is 6.42 Å². The van der Waals surface area contributed by atoms with Crippen molar-refractivity contribution in [1.82, 2.24) is 4.98 Å². The molecule has 1 saturated carbocycles. The van der Waals surface area contributed by atoms with Crippen molar-refractivity contribution in [3.8, 4) is 0 Å². The molecule has 2 aliphatic rings. The number of hydrogen-bond donors (Lipinski definition) is 0. The molecule has 0 atom stereocenters. The summed E-state index contributed by atoms with van der Waals surface area (Å²) in [6.07, 6.45) is 6.19. The maximum atomic E-state index is 4.50. The molecule has 1 aromatic heterocycles. The molecular formula is C12H15BrN2. The van der Waals surface area contributed by atoms with Crippen molar-refractivity contribution >= 4 is 21.7 Å². The maximum absolute atomic E-state index is 4.50. The van der Waals surface area contributed by atoms with Gasteiger partial charge in [-0.3, -0.25) is 0 Å². The number of rotatable bonds is 1. The second-order valence-electron chi connectivity index (χ2n) is 5.00. The van der Waals surface area contributed by atoms with Gasteiger partial charge in [0.15, 0.2) is 0 Å². The van der Waals surface area contributed by atoms with Crippen LogP contribution in [0.15, 0.2) is 16.7 Å². The van der Waals surface area contributed by atoms with Gasteiger partial charge in [0.1, 0.15) is 5.82 Å². The van der Waals surface area contributed by atoms with E-state index < -0.39 is 0 Å². The monoisotopic (exact) mass is 266 g/mol. The van der Waals surface area contributed by atoms with Gasteiger partial charge in [-0.25, -0.2) is 4.98 Å². The van der Waals surface area contributed by atoms with Crippen LogP contribution in [-0.4, -0.2) is 18.1 Å². The van der Waals surface area contributed by atoms with Crippen molar-refractivity contribution in [2.45, 2.75) is 26.2 Å². The highest BCUT2D eigenvalue weighted by Crippen LogP contribution is 2.49. The number of anilines is 1. The molecule has 15 heavy (non-hydrogen) atoms. The van der Waals surface area contributed by atoms with Crippen LogP contribution in [0.25, 0.3) is 0 Å². The molecule has 2 fully saturated rings. The van der Waals surface area contributed by atoms with Crippen LogP contribution >= 0.6 is 15.9 Å². The summed E-state index contributed by atoms with van der Waals surface area (Å²) in [5.74, 6) is 1.18. The highest BCUT2D eigenvalue weighted by Gasteiger charge is 2.47. The molecule has 0 aromatic carbocycles. The molecule has 1 saturated heterocycles. The second kappa shape index (κ2) is 3.21. The number of aryl methyl sites for hydroxylation is 1. The van der Waals surface area contributed by atoms with Crippen molar-refractivity contribution in [3.05, 3.63) is 22.3 Å². The first-order valence-corrected chi connectivity index (χ1v) is 6.35. The van der Waals surface area contributed by atoms with E-state index in [0.717, 1.165) is 4.47 Å². The lowest BCUT2D eigenvalue weighted by molar-refractivity contribution is 0.0895. The van der Waals surface area contributed by atoms with Gasteiger partial charge < -0.3 is 4.90 Å². The number of nitrogens with zero attached hydrogens (tertiary/aromatic N) is 2. The maximum Gasteiger partial charge on any atom is 0.131 e. The van der Waals surface area contributed by atoms with Gasteiger partial charge >= 0.3 is 0 Å². The van der Waals surface area contributed by atoms with Crippen LogP contribution in [0.5, 0.6) is 0 Å². The molecule has 0 bridgehead atoms. The minimum Gasteiger partial charge on any atom is -0.355 e. The SMILES string of the molecule is Cc1cc(Br)cnc1N1CC2(CCC2)C1. The molecule has 2 nitrogen and oxygen atoms in total. The molecule has 2 heterocycles. The zero-order valence-corrected chi connectivity index (χ0v) is 10.5. The third kappa shape index (κ3) is 1.48. The highest BCUT2D eigenvalue weighted by atomic mass is 79.9. The number of hydrogen-bond acceptors (Lipinski definition) is 2. The molecule has 1 aliphatic carbocycles. The quantitative estimate of drug-likeness (QED) is 0.777. The van der Waals surface area contributed by atoms with Crippen molar-refractivity contribution in [1.29, 1.82) is 0 Å². The first-order valence-electron chi connectivity index (χ1n) is 5.56. The molecule has 0 amide bonds. The van der Waals surface area contributed by atoms with Crippen LogP contribution in [0.2, 0.25) is 0 Å². The minimum absolute atomic E-state index is 0.682. The fourth-order valence-electron chi connectivity index (χ4n) is 2.77. The minimum atomic E-state index is 0.682. The molecule has 3 heteroatoms. The molecular weight excluding hydrogens is 252 g/mol. The van der Waals surface area contributed by atoms with Crippen molar-refractivity contribution in [2.75, 3.05) is 18.0 Å². The molecule has 0 radical (unpaired) electrons. The topological polar surface area (TPSA) is 16.1 Å². The normalized spacial score (nSPS) is 22.4. The van der Waals surface area contributed by atoms with Crippen LogP contribution in [-0.2, 0) is 0 Å². The van der Waals surface area contributed by atoms with Crippen LogP contribution in [0.3, 0.4) is 0 Å². The molecule has 1 aliphatic heterocycles. The van der Waals surface area contributed by atoms with Crippen molar-refractivity contribution in [3.63, 3.8) is 0 Å². The van der Waals surface area contributed by atoms with Crippen LogP contribution < -0.4 is 4.90 Å². The summed E-state index contributed by atoms with van der Waals surface area (Å²) >= 11 is 3.45. The molecule has 1 aromatic rings. The second-order valence-corrected chi connectivity index (χ2v) is 5.92. The van der Waals surface area contributed by atoms with Gasteiger partial charge in [-0.2, -0.15) is 0 Å². The summed E-state index contributed by atoms with van der Waals surface area (Å²) < 4.78 is 1.07. The van der Waals surface area contributed by atoms with E-state index in [2.05, 4.69) is 38.8 Å². The van der Waals surface area contributed by atoms with E-state index in [-0.39, 0.29) is 0 Å². The van der Waals surface area contributed by atoms with E-state index in [4.69, 9.17) is 0 Å². The molecule has 0 unspecified atom stereocenters. The first kappa shape index (κ1) is 9.64. The molecule has 3 rings (SSSR count). The molecule has 1 spiro atoms. The third-order valence-electron chi connectivity index (χ3n) is 3.78. The van der Waals surface area contributed by atoms with Crippen LogP contribution in [0, 0.1) is 12.3 Å². The van der Waals surface area contributed by atoms with Crippen molar-refractivity contribution < 1.29 is 0 Å². The predicted octanol–water partition coefficient (Wildman–Crippen LogP) is 3.14. The lowest BCUT2D eigenvalue weighted by Gasteiger charge is -2.56. The predicted molar refractivity (Wildman–Crippen MR) is 65.2 cm³/mol. The van der Waals surface area contributed by atoms with E-state index in [1.54, 1.807) is 0 Å². The zero-order valence-electron chi connectivity index (χ0n) is 8.96. The van der Waals surface area contributed by atoms with E-state index in [1.807, 2.05) is 6.20 Å². The zero-order chi connectivity index (χ0) is 10.5. The Bertz CT molecular complexity index is 391. The van der Waals surface area contributed by atoms with E-state index in [0.29, 0.717) is 5.41 Å². The lowest BCUT2D eigenvalue weighted by atomic mass is 9.63. The summed E-state index contributed by atoms with van der Waals surface area (Å²) in [6.45, 7) is 4.59.